The second kappa shape index (κ2) is 4.67. The highest BCUT2D eigenvalue weighted by Gasteiger charge is 2.13. The highest BCUT2D eigenvalue weighted by Crippen LogP contribution is 2.32. The van der Waals surface area contributed by atoms with Gasteiger partial charge in [0, 0.05) is 5.69 Å². The molecule has 82 valence electrons. The van der Waals surface area contributed by atoms with Crippen molar-refractivity contribution >= 4 is 29.1 Å². The number of thiophene rings is 1. The Kier molecular flexibility index (Phi) is 3.26. The molecule has 3 nitrogen and oxygen atoms in total. The number of aryl methyl sites for hydroxylation is 1. The van der Waals surface area contributed by atoms with Crippen LogP contribution in [-0.2, 0) is 0 Å². The Morgan fingerprint density at radius 3 is 2.88 bits per heavy atom. The molecule has 0 saturated carbocycles. The van der Waals surface area contributed by atoms with Crippen molar-refractivity contribution in [2.75, 3.05) is 0 Å². The number of hydrogen-bond donors (Lipinski definition) is 1. The molecule has 2 heterocycles. The number of carboxylic acid groups (broad SMARTS) is 1. The molecular weight excluding hydrogens is 242 g/mol. The van der Waals surface area contributed by atoms with Crippen molar-refractivity contribution < 1.29 is 9.90 Å². The normalized spacial score (nSPS) is 10.3. The first kappa shape index (κ1) is 11.2. The summed E-state index contributed by atoms with van der Waals surface area (Å²) >= 11 is 2.96. The summed E-state index contributed by atoms with van der Waals surface area (Å²) in [6, 6.07) is 7.19. The average Bonchev–Trinajstić information content (AvgIpc) is 2.70. The first-order valence-corrected chi connectivity index (χ1v) is 6.29. The van der Waals surface area contributed by atoms with Crippen LogP contribution in [0.5, 0.6) is 0 Å². The van der Waals surface area contributed by atoms with Crippen LogP contribution in [0.3, 0.4) is 0 Å². The number of aromatic carboxylic acids is 1. The lowest BCUT2D eigenvalue weighted by atomic mass is 10.2. The van der Waals surface area contributed by atoms with Crippen LogP contribution in [0.25, 0.3) is 0 Å². The van der Waals surface area contributed by atoms with E-state index in [9.17, 15) is 4.79 Å². The summed E-state index contributed by atoms with van der Waals surface area (Å²) in [4.78, 5) is 15.3. The zero-order valence-electron chi connectivity index (χ0n) is 8.51. The molecule has 2 aromatic rings. The quantitative estimate of drug-likeness (QED) is 0.909. The molecule has 0 bridgehead atoms. The number of pyridine rings is 1. The summed E-state index contributed by atoms with van der Waals surface area (Å²) in [6.45, 7) is 1.85. The first-order chi connectivity index (χ1) is 7.66. The maximum Gasteiger partial charge on any atom is 0.338 e. The van der Waals surface area contributed by atoms with Gasteiger partial charge < -0.3 is 5.11 Å². The van der Waals surface area contributed by atoms with Gasteiger partial charge in [-0.2, -0.15) is 0 Å². The molecule has 0 saturated heterocycles. The van der Waals surface area contributed by atoms with Crippen molar-refractivity contribution in [2.24, 2.45) is 0 Å². The summed E-state index contributed by atoms with van der Waals surface area (Å²) in [5.74, 6) is -0.938. The smallest absolute Gasteiger partial charge is 0.338 e. The second-order valence-electron chi connectivity index (χ2n) is 3.14. The van der Waals surface area contributed by atoms with Crippen LogP contribution in [0.2, 0.25) is 0 Å². The SMILES string of the molecule is Cc1ccc(C(=O)O)c(Sc2cccs2)n1. The minimum atomic E-state index is -0.938. The molecule has 0 atom stereocenters. The minimum absolute atomic E-state index is 0.254. The molecule has 1 N–H and O–H groups in total. The Morgan fingerprint density at radius 1 is 1.44 bits per heavy atom. The highest BCUT2D eigenvalue weighted by atomic mass is 32.2. The van der Waals surface area contributed by atoms with Gasteiger partial charge >= 0.3 is 5.97 Å². The molecule has 0 fully saturated rings. The van der Waals surface area contributed by atoms with Crippen LogP contribution in [0.1, 0.15) is 16.1 Å². The van der Waals surface area contributed by atoms with Crippen LogP contribution in [-0.4, -0.2) is 16.1 Å². The van der Waals surface area contributed by atoms with Crippen LogP contribution in [0.4, 0.5) is 0 Å². The van der Waals surface area contributed by atoms with Gasteiger partial charge in [-0.15, -0.1) is 11.3 Å². The van der Waals surface area contributed by atoms with Gasteiger partial charge in [0.1, 0.15) is 5.03 Å². The third kappa shape index (κ3) is 2.43. The summed E-state index contributed by atoms with van der Waals surface area (Å²) in [7, 11) is 0. The first-order valence-electron chi connectivity index (χ1n) is 4.59. The van der Waals surface area contributed by atoms with Crippen LogP contribution in [0.15, 0.2) is 38.9 Å². The van der Waals surface area contributed by atoms with E-state index in [0.717, 1.165) is 9.90 Å². The topological polar surface area (TPSA) is 50.2 Å². The molecule has 0 aliphatic rings. The van der Waals surface area contributed by atoms with Gasteiger partial charge in [0.15, 0.2) is 0 Å². The summed E-state index contributed by atoms with van der Waals surface area (Å²) < 4.78 is 1.04. The monoisotopic (exact) mass is 251 g/mol. The zero-order chi connectivity index (χ0) is 11.5. The lowest BCUT2D eigenvalue weighted by Gasteiger charge is -2.04. The second-order valence-corrected chi connectivity index (χ2v) is 5.38. The minimum Gasteiger partial charge on any atom is -0.478 e. The van der Waals surface area contributed by atoms with Gasteiger partial charge in [-0.1, -0.05) is 17.8 Å². The molecule has 16 heavy (non-hydrogen) atoms. The molecule has 0 aliphatic carbocycles. The van der Waals surface area contributed by atoms with E-state index in [1.54, 1.807) is 23.5 Å². The van der Waals surface area contributed by atoms with Crippen molar-refractivity contribution in [2.45, 2.75) is 16.2 Å². The van der Waals surface area contributed by atoms with Crippen molar-refractivity contribution in [3.8, 4) is 0 Å². The van der Waals surface area contributed by atoms with E-state index in [1.807, 2.05) is 24.4 Å². The third-order valence-corrected chi connectivity index (χ3v) is 3.96. The molecular formula is C11H9NO2S2. The Hall–Kier alpha value is -1.33. The number of nitrogens with zero attached hydrogens (tertiary/aromatic N) is 1. The van der Waals surface area contributed by atoms with Crippen LogP contribution >= 0.6 is 23.1 Å². The molecule has 0 unspecified atom stereocenters. The van der Waals surface area contributed by atoms with Gasteiger partial charge in [-0.3, -0.25) is 0 Å². The van der Waals surface area contributed by atoms with E-state index in [1.165, 1.54) is 11.8 Å². The fourth-order valence-corrected chi connectivity index (χ4v) is 3.03. The van der Waals surface area contributed by atoms with E-state index in [4.69, 9.17) is 5.11 Å². The van der Waals surface area contributed by atoms with Crippen molar-refractivity contribution in [1.82, 2.24) is 4.98 Å². The molecule has 2 rings (SSSR count). The zero-order valence-corrected chi connectivity index (χ0v) is 10.1. The Balaban J connectivity index is 2.38. The predicted molar refractivity (Wildman–Crippen MR) is 64.4 cm³/mol. The van der Waals surface area contributed by atoms with Crippen molar-refractivity contribution in [3.05, 3.63) is 40.9 Å². The molecule has 5 heteroatoms. The van der Waals surface area contributed by atoms with E-state index in [-0.39, 0.29) is 5.56 Å². The maximum absolute atomic E-state index is 11.0. The van der Waals surface area contributed by atoms with Crippen molar-refractivity contribution in [1.29, 1.82) is 0 Å². The Morgan fingerprint density at radius 2 is 2.25 bits per heavy atom. The fraction of sp³-hybridized carbons (Fsp3) is 0.0909. The molecule has 0 spiro atoms. The van der Waals surface area contributed by atoms with E-state index >= 15 is 0 Å². The van der Waals surface area contributed by atoms with Gasteiger partial charge in [0.25, 0.3) is 0 Å². The molecule has 2 aromatic heterocycles. The van der Waals surface area contributed by atoms with Crippen molar-refractivity contribution in [3.63, 3.8) is 0 Å². The molecule has 0 aromatic carbocycles. The maximum atomic E-state index is 11.0. The molecule has 0 amide bonds. The summed E-state index contributed by atoms with van der Waals surface area (Å²) in [5, 5.41) is 11.5. The lowest BCUT2D eigenvalue weighted by molar-refractivity contribution is 0.0692. The average molecular weight is 251 g/mol. The van der Waals surface area contributed by atoms with E-state index in [2.05, 4.69) is 4.98 Å². The molecule has 0 radical (unpaired) electrons. The number of rotatable bonds is 3. The Labute approximate surface area is 101 Å². The lowest BCUT2D eigenvalue weighted by Crippen LogP contribution is -2.01. The molecule has 0 aliphatic heterocycles. The third-order valence-electron chi connectivity index (χ3n) is 1.92. The standard InChI is InChI=1S/C11H9NO2S2/c1-7-4-5-8(11(13)14)10(12-7)16-9-3-2-6-15-9/h2-6H,1H3,(H,13,14). The number of aromatic nitrogens is 1. The van der Waals surface area contributed by atoms with Gasteiger partial charge in [-0.25, -0.2) is 9.78 Å². The number of carbonyl (C=O) groups is 1. The van der Waals surface area contributed by atoms with Gasteiger partial charge in [0.2, 0.25) is 0 Å². The summed E-state index contributed by atoms with van der Waals surface area (Å²) in [6.07, 6.45) is 0. The summed E-state index contributed by atoms with van der Waals surface area (Å²) in [5.41, 5.74) is 1.08. The van der Waals surface area contributed by atoms with E-state index in [0.29, 0.717) is 5.03 Å². The van der Waals surface area contributed by atoms with Gasteiger partial charge in [-0.05, 0) is 30.5 Å². The van der Waals surface area contributed by atoms with Gasteiger partial charge in [0.05, 0.1) is 9.77 Å². The number of carboxylic acids is 1. The Bertz CT molecular complexity index is 509. The van der Waals surface area contributed by atoms with Crippen LogP contribution < -0.4 is 0 Å². The largest absolute Gasteiger partial charge is 0.478 e. The van der Waals surface area contributed by atoms with E-state index < -0.39 is 5.97 Å². The highest BCUT2D eigenvalue weighted by molar-refractivity contribution is 8.01. The predicted octanol–water partition coefficient (Wildman–Crippen LogP) is 3.30. The van der Waals surface area contributed by atoms with Crippen LogP contribution in [0, 0.1) is 6.92 Å². The fourth-order valence-electron chi connectivity index (χ4n) is 1.19. The number of hydrogen-bond acceptors (Lipinski definition) is 4.